The quantitative estimate of drug-likeness (QED) is 0.590. The molecule has 1 unspecified atom stereocenters. The van der Waals surface area contributed by atoms with E-state index < -0.39 is 21.8 Å². The third-order valence-electron chi connectivity index (χ3n) is 1.70. The maximum absolute atomic E-state index is 11.3. The van der Waals surface area contributed by atoms with Gasteiger partial charge in [0, 0.05) is 13.3 Å². The molecule has 1 atom stereocenters. The van der Waals surface area contributed by atoms with Crippen molar-refractivity contribution in [2.24, 2.45) is 5.73 Å². The first-order chi connectivity index (χ1) is 6.28. The zero-order valence-electron chi connectivity index (χ0n) is 8.56. The first kappa shape index (κ1) is 13.3. The zero-order valence-corrected chi connectivity index (χ0v) is 9.37. The second kappa shape index (κ2) is 5.28. The number of carbonyl (C=O) groups is 1. The van der Waals surface area contributed by atoms with Crippen LogP contribution in [0.3, 0.4) is 0 Å². The minimum Gasteiger partial charge on any atom is -0.320 e. The highest BCUT2D eigenvalue weighted by molar-refractivity contribution is 7.90. The molecule has 84 valence electrons. The largest absolute Gasteiger partial charge is 0.320 e. The van der Waals surface area contributed by atoms with Crippen LogP contribution in [0.5, 0.6) is 0 Å². The molecule has 1 amide bonds. The summed E-state index contributed by atoms with van der Waals surface area (Å²) in [6.45, 7) is 0. The lowest BCUT2D eigenvalue weighted by Crippen LogP contribution is -2.42. The Labute approximate surface area is 83.9 Å². The lowest BCUT2D eigenvalue weighted by atomic mass is 10.2. The number of hydroxylamine groups is 2. The van der Waals surface area contributed by atoms with E-state index in [9.17, 15) is 13.2 Å². The minimum absolute atomic E-state index is 0.0997. The molecule has 7 heteroatoms. The summed E-state index contributed by atoms with van der Waals surface area (Å²) in [5.74, 6) is -0.534. The summed E-state index contributed by atoms with van der Waals surface area (Å²) >= 11 is 0. The van der Waals surface area contributed by atoms with E-state index in [-0.39, 0.29) is 12.2 Å². The summed E-state index contributed by atoms with van der Waals surface area (Å²) in [5.41, 5.74) is 5.47. The number of sulfone groups is 1. The highest BCUT2D eigenvalue weighted by atomic mass is 32.2. The average molecular weight is 224 g/mol. The Morgan fingerprint density at radius 1 is 1.57 bits per heavy atom. The van der Waals surface area contributed by atoms with Crippen LogP contribution in [-0.2, 0) is 19.5 Å². The lowest BCUT2D eigenvalue weighted by Gasteiger charge is -2.18. The molecule has 0 rings (SSSR count). The van der Waals surface area contributed by atoms with E-state index in [4.69, 9.17) is 5.73 Å². The lowest BCUT2D eigenvalue weighted by molar-refractivity contribution is -0.170. The number of nitrogens with two attached hydrogens (primary N) is 1. The van der Waals surface area contributed by atoms with Crippen molar-refractivity contribution >= 4 is 15.7 Å². The van der Waals surface area contributed by atoms with E-state index in [2.05, 4.69) is 4.84 Å². The number of amides is 1. The Kier molecular flexibility index (Phi) is 5.03. The van der Waals surface area contributed by atoms with Gasteiger partial charge in [0.2, 0.25) is 0 Å². The van der Waals surface area contributed by atoms with Gasteiger partial charge in [0.25, 0.3) is 5.91 Å². The Morgan fingerprint density at radius 2 is 2.07 bits per heavy atom. The normalized spacial score (nSPS) is 13.7. The second-order valence-corrected chi connectivity index (χ2v) is 5.30. The van der Waals surface area contributed by atoms with Gasteiger partial charge in [0.05, 0.1) is 18.9 Å². The van der Waals surface area contributed by atoms with E-state index in [1.54, 1.807) is 0 Å². The van der Waals surface area contributed by atoms with Gasteiger partial charge in [-0.15, -0.1) is 0 Å². The Balaban J connectivity index is 4.09. The molecule has 0 aromatic rings. The molecule has 0 radical (unpaired) electrons. The smallest absolute Gasteiger partial charge is 0.262 e. The van der Waals surface area contributed by atoms with Gasteiger partial charge >= 0.3 is 0 Å². The Morgan fingerprint density at radius 3 is 2.43 bits per heavy atom. The fourth-order valence-electron chi connectivity index (χ4n) is 0.788. The molecular weight excluding hydrogens is 208 g/mol. The molecule has 0 spiro atoms. The van der Waals surface area contributed by atoms with Crippen LogP contribution >= 0.6 is 0 Å². The van der Waals surface area contributed by atoms with Gasteiger partial charge in [-0.1, -0.05) is 0 Å². The summed E-state index contributed by atoms with van der Waals surface area (Å²) in [6, 6.07) is -0.838. The molecule has 0 aliphatic heterocycles. The van der Waals surface area contributed by atoms with Gasteiger partial charge in [-0.25, -0.2) is 13.5 Å². The van der Waals surface area contributed by atoms with Gasteiger partial charge in [-0.3, -0.25) is 9.63 Å². The molecule has 6 nitrogen and oxygen atoms in total. The van der Waals surface area contributed by atoms with Crippen molar-refractivity contribution in [3.05, 3.63) is 0 Å². The maximum atomic E-state index is 11.3. The molecule has 0 bridgehead atoms. The van der Waals surface area contributed by atoms with E-state index in [0.29, 0.717) is 0 Å². The first-order valence-corrected chi connectivity index (χ1v) is 6.09. The summed E-state index contributed by atoms with van der Waals surface area (Å²) in [4.78, 5) is 15.9. The fourth-order valence-corrected chi connectivity index (χ4v) is 1.47. The predicted molar refractivity (Wildman–Crippen MR) is 52.1 cm³/mol. The van der Waals surface area contributed by atoms with Gasteiger partial charge in [-0.2, -0.15) is 0 Å². The highest BCUT2D eigenvalue weighted by Crippen LogP contribution is 1.98. The monoisotopic (exact) mass is 224 g/mol. The molecule has 0 saturated heterocycles. The van der Waals surface area contributed by atoms with Crippen molar-refractivity contribution in [2.75, 3.05) is 26.2 Å². The van der Waals surface area contributed by atoms with Gasteiger partial charge < -0.3 is 5.73 Å². The van der Waals surface area contributed by atoms with E-state index >= 15 is 0 Å². The van der Waals surface area contributed by atoms with Crippen LogP contribution < -0.4 is 5.73 Å². The van der Waals surface area contributed by atoms with Crippen molar-refractivity contribution in [2.45, 2.75) is 12.5 Å². The molecule has 0 aromatic carbocycles. The van der Waals surface area contributed by atoms with Crippen molar-refractivity contribution in [1.29, 1.82) is 0 Å². The zero-order chi connectivity index (χ0) is 11.4. The Bertz CT molecular complexity index is 288. The van der Waals surface area contributed by atoms with E-state index in [1.807, 2.05) is 0 Å². The number of carbonyl (C=O) groups excluding carboxylic acids is 1. The standard InChI is InChI=1S/C7H16N2O4S/c1-9(13-2)7(10)6(8)4-5-14(3,11)12/h6H,4-5,8H2,1-3H3. The molecule has 0 aliphatic rings. The van der Waals surface area contributed by atoms with Crippen LogP contribution in [0.4, 0.5) is 0 Å². The summed E-state index contributed by atoms with van der Waals surface area (Å²) in [5, 5.41) is 0.979. The van der Waals surface area contributed by atoms with Crippen LogP contribution in [0, 0.1) is 0 Å². The number of hydrogen-bond acceptors (Lipinski definition) is 5. The molecular formula is C7H16N2O4S. The molecule has 14 heavy (non-hydrogen) atoms. The Hall–Kier alpha value is -0.660. The van der Waals surface area contributed by atoms with Crippen molar-refractivity contribution < 1.29 is 18.0 Å². The van der Waals surface area contributed by atoms with Crippen molar-refractivity contribution in [3.8, 4) is 0 Å². The van der Waals surface area contributed by atoms with E-state index in [0.717, 1.165) is 11.3 Å². The number of nitrogens with zero attached hydrogens (tertiary/aromatic N) is 1. The van der Waals surface area contributed by atoms with Crippen LogP contribution in [0.25, 0.3) is 0 Å². The fraction of sp³-hybridized carbons (Fsp3) is 0.857. The number of rotatable bonds is 5. The van der Waals surface area contributed by atoms with Crippen LogP contribution in [0.15, 0.2) is 0 Å². The van der Waals surface area contributed by atoms with Crippen LogP contribution in [0.1, 0.15) is 6.42 Å². The maximum Gasteiger partial charge on any atom is 0.262 e. The van der Waals surface area contributed by atoms with E-state index in [1.165, 1.54) is 14.2 Å². The summed E-state index contributed by atoms with van der Waals surface area (Å²) in [6.07, 6.45) is 1.20. The SMILES string of the molecule is CON(C)C(=O)C(N)CCS(C)(=O)=O. The number of likely N-dealkylation sites (N-methyl/N-ethyl adjacent to an activating group) is 1. The predicted octanol–water partition coefficient (Wildman–Crippen LogP) is -1.23. The van der Waals surface area contributed by atoms with Crippen molar-refractivity contribution in [3.63, 3.8) is 0 Å². The molecule has 0 saturated carbocycles. The average Bonchev–Trinajstić information content (AvgIpc) is 2.10. The van der Waals surface area contributed by atoms with Crippen molar-refractivity contribution in [1.82, 2.24) is 5.06 Å². The summed E-state index contributed by atoms with van der Waals surface area (Å²) in [7, 11) is -0.323. The van der Waals surface area contributed by atoms with Crippen LogP contribution in [0.2, 0.25) is 0 Å². The number of hydrogen-bond donors (Lipinski definition) is 1. The second-order valence-electron chi connectivity index (χ2n) is 3.04. The van der Waals surface area contributed by atoms with Gasteiger partial charge in [0.1, 0.15) is 9.84 Å². The minimum atomic E-state index is -3.08. The molecule has 2 N–H and O–H groups in total. The molecule has 0 heterocycles. The third kappa shape index (κ3) is 5.15. The molecule has 0 aliphatic carbocycles. The topological polar surface area (TPSA) is 89.7 Å². The summed E-state index contributed by atoms with van der Waals surface area (Å²) < 4.78 is 21.6. The van der Waals surface area contributed by atoms with Gasteiger partial charge in [-0.05, 0) is 6.42 Å². The molecule has 0 aromatic heterocycles. The molecule has 0 fully saturated rings. The van der Waals surface area contributed by atoms with Crippen LogP contribution in [-0.4, -0.2) is 51.6 Å². The highest BCUT2D eigenvalue weighted by Gasteiger charge is 2.19. The third-order valence-corrected chi connectivity index (χ3v) is 2.68. The van der Waals surface area contributed by atoms with Gasteiger partial charge in [0.15, 0.2) is 0 Å². The first-order valence-electron chi connectivity index (χ1n) is 4.03.